The first-order chi connectivity index (χ1) is 15.2. The summed E-state index contributed by atoms with van der Waals surface area (Å²) in [6.45, 7) is 17.9. The van der Waals surface area contributed by atoms with E-state index in [1.54, 1.807) is 0 Å². The Labute approximate surface area is 235 Å². The maximum Gasteiger partial charge on any atom is -1.00 e. The number of benzene rings is 2. The number of hydrogen-bond donors (Lipinski definition) is 0. The zero-order valence-corrected chi connectivity index (χ0v) is 28.3. The third kappa shape index (κ3) is 8.77. The SMILES string of the molecule is CCc1ccc(CC)c2[cH-]c(C)cc12.CCc1ccc(CC)c2[cH-]c(C)cc12.C[Si](C)=[Hf+2].[Cl-].[Cl-]. The Balaban J connectivity index is 0.000000528. The molecule has 184 valence electrons. The van der Waals surface area contributed by atoms with Crippen LogP contribution in [-0.4, -0.2) is 5.49 Å². The second-order valence-electron chi connectivity index (χ2n) is 8.90. The van der Waals surface area contributed by atoms with Crippen LogP contribution in [0.1, 0.15) is 61.1 Å². The van der Waals surface area contributed by atoms with Crippen LogP contribution in [0.4, 0.5) is 0 Å². The summed E-state index contributed by atoms with van der Waals surface area (Å²) in [6, 6.07) is 18.4. The van der Waals surface area contributed by atoms with Crippen molar-refractivity contribution in [3.8, 4) is 0 Å². The molecule has 0 N–H and O–H groups in total. The molecule has 0 saturated heterocycles. The van der Waals surface area contributed by atoms with Crippen LogP contribution < -0.4 is 24.8 Å². The minimum absolute atomic E-state index is 0. The molecule has 0 fully saturated rings. The van der Waals surface area contributed by atoms with Crippen LogP contribution in [-0.2, 0) is 48.7 Å². The van der Waals surface area contributed by atoms with Crippen LogP contribution >= 0.6 is 0 Å². The van der Waals surface area contributed by atoms with Crippen molar-refractivity contribution < 1.29 is 47.8 Å². The van der Waals surface area contributed by atoms with Gasteiger partial charge in [-0.2, -0.15) is 12.1 Å². The zero-order valence-electron chi connectivity index (χ0n) is 22.2. The van der Waals surface area contributed by atoms with Gasteiger partial charge in [0.15, 0.2) is 0 Å². The zero-order chi connectivity index (χ0) is 23.8. The monoisotopic (exact) mass is 678 g/mol. The molecule has 4 rings (SSSR count). The molecule has 0 aromatic heterocycles. The Kier molecular flexibility index (Phi) is 15.8. The number of hydrogen-bond acceptors (Lipinski definition) is 0. The molecule has 0 saturated carbocycles. The standard InChI is InChI=1S/2C14H17.C2H6Si.2ClH.Hf/c2*1-4-11-6-7-12(5-2)14-9-10(3)8-13(11)14;1-3-2;;;/h2*6-9H,4-5H2,1-3H3;1-2H3;2*1H;/q2*-1;;;;+2/p-2. The number of rotatable bonds is 4. The molecule has 0 nitrogen and oxygen atoms in total. The first kappa shape index (κ1) is 33.3. The van der Waals surface area contributed by atoms with Gasteiger partial charge in [0, 0.05) is 0 Å². The smallest absolute Gasteiger partial charge is 1.00 e. The summed E-state index contributed by atoms with van der Waals surface area (Å²) in [5.41, 5.74) is 8.94. The predicted molar refractivity (Wildman–Crippen MR) is 144 cm³/mol. The van der Waals surface area contributed by atoms with Crippen LogP contribution in [0.5, 0.6) is 0 Å². The van der Waals surface area contributed by atoms with E-state index in [1.165, 1.54) is 77.9 Å². The van der Waals surface area contributed by atoms with E-state index < -0.39 is 0 Å². The van der Waals surface area contributed by atoms with Crippen molar-refractivity contribution in [3.05, 3.63) is 81.9 Å². The molecule has 0 heterocycles. The van der Waals surface area contributed by atoms with Gasteiger partial charge in [-0.15, -0.1) is 68.1 Å². The van der Waals surface area contributed by atoms with E-state index in [0.717, 1.165) is 25.7 Å². The molecule has 4 aromatic rings. The van der Waals surface area contributed by atoms with Crippen molar-refractivity contribution in [2.45, 2.75) is 80.3 Å². The van der Waals surface area contributed by atoms with Gasteiger partial charge in [0.25, 0.3) is 0 Å². The van der Waals surface area contributed by atoms with Crippen molar-refractivity contribution in [2.75, 3.05) is 0 Å². The first-order valence-electron chi connectivity index (χ1n) is 12.1. The molecule has 0 aliphatic heterocycles. The average Bonchev–Trinajstić information content (AvgIpc) is 3.34. The molecular weight excluding hydrogens is 638 g/mol. The van der Waals surface area contributed by atoms with Crippen molar-refractivity contribution >= 4 is 27.0 Å². The molecule has 0 bridgehead atoms. The summed E-state index contributed by atoms with van der Waals surface area (Å²) in [7, 11) is 0. The van der Waals surface area contributed by atoms with Crippen LogP contribution in [0.2, 0.25) is 13.1 Å². The second kappa shape index (κ2) is 16.1. The number of fused-ring (bicyclic) bond motifs is 2. The van der Waals surface area contributed by atoms with Gasteiger partial charge >= 0.3 is 41.6 Å². The van der Waals surface area contributed by atoms with E-state index in [9.17, 15) is 0 Å². The molecule has 0 aliphatic rings. The molecule has 0 spiro atoms. The number of aryl methyl sites for hydroxylation is 6. The van der Waals surface area contributed by atoms with Crippen molar-refractivity contribution in [3.63, 3.8) is 0 Å². The summed E-state index contributed by atoms with van der Waals surface area (Å²) < 4.78 is 0. The third-order valence-corrected chi connectivity index (χ3v) is 5.95. The number of halogens is 2. The van der Waals surface area contributed by atoms with Crippen LogP contribution in [0.15, 0.2) is 48.5 Å². The maximum atomic E-state index is 2.33. The molecule has 4 aromatic carbocycles. The molecule has 4 heteroatoms. The average molecular weight is 678 g/mol. The van der Waals surface area contributed by atoms with E-state index in [0.29, 0.717) is 0 Å². The topological polar surface area (TPSA) is 0 Å². The van der Waals surface area contributed by atoms with Crippen LogP contribution in [0.25, 0.3) is 21.5 Å². The molecule has 0 unspecified atom stereocenters. The Morgan fingerprint density at radius 2 is 0.882 bits per heavy atom. The third-order valence-electron chi connectivity index (χ3n) is 5.95. The fourth-order valence-corrected chi connectivity index (χ4v) is 4.36. The summed E-state index contributed by atoms with van der Waals surface area (Å²) in [5.74, 6) is 0. The minimum atomic E-state index is 0. The molecule has 0 atom stereocenters. The summed E-state index contributed by atoms with van der Waals surface area (Å²) >= 11 is 1.45. The molecule has 0 aliphatic carbocycles. The Bertz CT molecular complexity index is 1010. The summed E-state index contributed by atoms with van der Waals surface area (Å²) in [4.78, 5) is 0. The molecule has 0 radical (unpaired) electrons. The van der Waals surface area contributed by atoms with Gasteiger partial charge in [0.1, 0.15) is 0 Å². The van der Waals surface area contributed by atoms with Crippen LogP contribution in [0.3, 0.4) is 0 Å². The molecular formula is C30H40Cl2HfSi-2. The normalized spacial score (nSPS) is 9.94. The quantitative estimate of drug-likeness (QED) is 0.231. The predicted octanol–water partition coefficient (Wildman–Crippen LogP) is 2.78. The fraction of sp³-hybridized carbons (Fsp3) is 0.400. The van der Waals surface area contributed by atoms with Crippen molar-refractivity contribution in [1.29, 1.82) is 0 Å². The Hall–Kier alpha value is -0.673. The van der Waals surface area contributed by atoms with Crippen LogP contribution in [0, 0.1) is 13.8 Å². The van der Waals surface area contributed by atoms with Gasteiger partial charge in [-0.05, 0) is 12.8 Å². The van der Waals surface area contributed by atoms with E-state index >= 15 is 0 Å². The Morgan fingerprint density at radius 1 is 0.618 bits per heavy atom. The van der Waals surface area contributed by atoms with E-state index in [2.05, 4.69) is 103 Å². The van der Waals surface area contributed by atoms with Gasteiger partial charge in [-0.3, -0.25) is 0 Å². The fourth-order valence-electron chi connectivity index (χ4n) is 4.36. The van der Waals surface area contributed by atoms with E-state index in [1.807, 2.05) is 0 Å². The van der Waals surface area contributed by atoms with E-state index in [4.69, 9.17) is 0 Å². The van der Waals surface area contributed by atoms with Crippen molar-refractivity contribution in [2.24, 2.45) is 0 Å². The largest absolute Gasteiger partial charge is 1.00 e. The minimum Gasteiger partial charge on any atom is -1.00 e. The molecule has 0 amide bonds. The van der Waals surface area contributed by atoms with Gasteiger partial charge in [0.2, 0.25) is 0 Å². The van der Waals surface area contributed by atoms with E-state index in [-0.39, 0.29) is 30.3 Å². The summed E-state index contributed by atoms with van der Waals surface area (Å²) in [6.07, 6.45) is 4.52. The Morgan fingerprint density at radius 3 is 1.15 bits per heavy atom. The summed E-state index contributed by atoms with van der Waals surface area (Å²) in [5, 5.41) is 5.85. The van der Waals surface area contributed by atoms with Gasteiger partial charge < -0.3 is 24.8 Å². The molecule has 34 heavy (non-hydrogen) atoms. The van der Waals surface area contributed by atoms with Gasteiger partial charge in [0.05, 0.1) is 0 Å². The van der Waals surface area contributed by atoms with Gasteiger partial charge in [-0.25, -0.2) is 0 Å². The first-order valence-corrected chi connectivity index (χ1v) is 20.0. The second-order valence-corrected chi connectivity index (χ2v) is 21.7. The maximum absolute atomic E-state index is 2.33. The van der Waals surface area contributed by atoms with Gasteiger partial charge in [-0.1, -0.05) is 77.6 Å². The van der Waals surface area contributed by atoms with Crippen molar-refractivity contribution in [1.82, 2.24) is 0 Å².